The Labute approximate surface area is 245 Å². The molecular formula is C28H36ClN5O4S2. The van der Waals surface area contributed by atoms with Gasteiger partial charge in [-0.3, -0.25) is 4.79 Å². The van der Waals surface area contributed by atoms with Gasteiger partial charge >= 0.3 is 0 Å². The van der Waals surface area contributed by atoms with Crippen LogP contribution in [-0.4, -0.2) is 53.6 Å². The number of carbonyl (C=O) groups is 1. The van der Waals surface area contributed by atoms with Crippen molar-refractivity contribution in [2.45, 2.75) is 75.9 Å². The Bertz CT molecular complexity index is 1480. The molecule has 9 nitrogen and oxygen atoms in total. The number of likely N-dealkylation sites (tertiary alicyclic amines) is 1. The summed E-state index contributed by atoms with van der Waals surface area (Å²) in [6, 6.07) is 5.81. The molecule has 1 aliphatic heterocycles. The first-order chi connectivity index (χ1) is 18.9. The third-order valence-corrected chi connectivity index (χ3v) is 10.8. The van der Waals surface area contributed by atoms with Crippen LogP contribution in [0.5, 0.6) is 5.75 Å². The van der Waals surface area contributed by atoms with E-state index in [0.29, 0.717) is 23.0 Å². The van der Waals surface area contributed by atoms with Crippen molar-refractivity contribution in [3.63, 3.8) is 0 Å². The molecule has 1 aromatic carbocycles. The van der Waals surface area contributed by atoms with E-state index in [1.54, 1.807) is 32.2 Å². The molecule has 4 rings (SSSR count). The second-order valence-corrected chi connectivity index (χ2v) is 14.5. The predicted molar refractivity (Wildman–Crippen MR) is 161 cm³/mol. The first kappa shape index (κ1) is 30.1. The van der Waals surface area contributed by atoms with E-state index in [2.05, 4.69) is 33.6 Å². The number of carbonyl (C=O) groups excluding carboxylic acids is 1. The largest absolute Gasteiger partial charge is 0.489 e. The van der Waals surface area contributed by atoms with Gasteiger partial charge in [0.15, 0.2) is 15.7 Å². The Hall–Kier alpha value is -2.89. The zero-order valence-corrected chi connectivity index (χ0v) is 26.0. The Morgan fingerprint density at radius 1 is 1.15 bits per heavy atom. The molecule has 3 aromatic rings. The van der Waals surface area contributed by atoms with Crippen LogP contribution in [0.15, 0.2) is 34.0 Å². The van der Waals surface area contributed by atoms with Crippen LogP contribution >= 0.6 is 22.9 Å². The number of anilines is 4. The lowest BCUT2D eigenvalue weighted by Crippen LogP contribution is -2.36. The van der Waals surface area contributed by atoms with Crippen LogP contribution in [-0.2, 0) is 14.6 Å². The van der Waals surface area contributed by atoms with Crippen molar-refractivity contribution in [1.82, 2.24) is 14.9 Å². The SMILES string of the molecule is CC(=O)N1CCC(c2cc(OC(C)C)c(Nc3ncc(Cl)c(Nc4ccsc4S(=O)(=O)C(C)C)n3)cc2C)CC1. The van der Waals surface area contributed by atoms with E-state index >= 15 is 0 Å². The van der Waals surface area contributed by atoms with Crippen LogP contribution < -0.4 is 15.4 Å². The lowest BCUT2D eigenvalue weighted by Gasteiger charge is -2.32. The molecule has 0 radical (unpaired) electrons. The molecule has 0 aliphatic carbocycles. The van der Waals surface area contributed by atoms with Crippen LogP contribution in [0.25, 0.3) is 0 Å². The van der Waals surface area contributed by atoms with E-state index in [9.17, 15) is 13.2 Å². The van der Waals surface area contributed by atoms with Gasteiger partial charge in [0.25, 0.3) is 0 Å². The maximum Gasteiger partial charge on any atom is 0.229 e. The number of nitrogens with one attached hydrogen (secondary N) is 2. The number of aryl methyl sites for hydroxylation is 1. The summed E-state index contributed by atoms with van der Waals surface area (Å²) in [7, 11) is -3.48. The van der Waals surface area contributed by atoms with Gasteiger partial charge in [-0.25, -0.2) is 13.4 Å². The van der Waals surface area contributed by atoms with E-state index in [-0.39, 0.29) is 33.0 Å². The minimum absolute atomic E-state index is 0.0565. The third-order valence-electron chi connectivity index (χ3n) is 6.86. The van der Waals surface area contributed by atoms with Gasteiger partial charge in [-0.15, -0.1) is 11.3 Å². The Morgan fingerprint density at radius 2 is 1.85 bits per heavy atom. The summed E-state index contributed by atoms with van der Waals surface area (Å²) >= 11 is 7.55. The van der Waals surface area contributed by atoms with Crippen molar-refractivity contribution in [2.75, 3.05) is 23.7 Å². The maximum absolute atomic E-state index is 12.8. The average molecular weight is 606 g/mol. The first-order valence-corrected chi connectivity index (χ1v) is 16.1. The molecule has 0 spiro atoms. The molecule has 1 saturated heterocycles. The fraction of sp³-hybridized carbons (Fsp3) is 0.464. The molecule has 0 atom stereocenters. The van der Waals surface area contributed by atoms with Gasteiger partial charge in [0.1, 0.15) is 15.0 Å². The van der Waals surface area contributed by atoms with E-state index in [1.807, 2.05) is 24.8 Å². The van der Waals surface area contributed by atoms with Gasteiger partial charge in [-0.05, 0) is 88.1 Å². The van der Waals surface area contributed by atoms with Crippen LogP contribution in [0.1, 0.15) is 64.5 Å². The second kappa shape index (κ2) is 12.3. The summed E-state index contributed by atoms with van der Waals surface area (Å²) in [4.78, 5) is 22.6. The molecule has 0 saturated carbocycles. The van der Waals surface area contributed by atoms with Crippen molar-refractivity contribution in [2.24, 2.45) is 0 Å². The molecule has 0 unspecified atom stereocenters. The highest BCUT2D eigenvalue weighted by molar-refractivity contribution is 7.94. The molecule has 216 valence electrons. The number of hydrogen-bond donors (Lipinski definition) is 2. The maximum atomic E-state index is 12.8. The molecule has 1 fully saturated rings. The van der Waals surface area contributed by atoms with E-state index in [1.165, 1.54) is 11.8 Å². The standard InChI is InChI=1S/C28H36ClN5O4S2/c1-16(2)38-25-14-21(20-7-10-34(11-8-20)19(6)35)18(5)13-24(25)32-28-30-15-22(29)26(33-28)31-23-9-12-39-27(23)40(36,37)17(3)4/h9,12-17,20H,7-8,10-11H2,1-6H3,(H2,30,31,32,33). The van der Waals surface area contributed by atoms with Crippen LogP contribution in [0.4, 0.5) is 23.1 Å². The zero-order valence-electron chi connectivity index (χ0n) is 23.6. The predicted octanol–water partition coefficient (Wildman–Crippen LogP) is 6.68. The van der Waals surface area contributed by atoms with Gasteiger partial charge in [0, 0.05) is 20.0 Å². The van der Waals surface area contributed by atoms with Gasteiger partial charge in [0.05, 0.1) is 28.9 Å². The summed E-state index contributed by atoms with van der Waals surface area (Å²) < 4.78 is 32.0. The van der Waals surface area contributed by atoms with Gasteiger partial charge in [0.2, 0.25) is 11.9 Å². The van der Waals surface area contributed by atoms with E-state index in [0.717, 1.165) is 42.8 Å². The fourth-order valence-electron chi connectivity index (χ4n) is 4.68. The lowest BCUT2D eigenvalue weighted by molar-refractivity contribution is -0.129. The lowest BCUT2D eigenvalue weighted by atomic mass is 9.86. The molecule has 2 N–H and O–H groups in total. The number of piperidine rings is 1. The summed E-state index contributed by atoms with van der Waals surface area (Å²) in [5, 5.41) is 7.76. The fourth-order valence-corrected chi connectivity index (χ4v) is 7.53. The van der Waals surface area contributed by atoms with Gasteiger partial charge < -0.3 is 20.3 Å². The minimum atomic E-state index is -3.48. The highest BCUT2D eigenvalue weighted by atomic mass is 35.5. The smallest absolute Gasteiger partial charge is 0.229 e. The second-order valence-electron chi connectivity index (χ2n) is 10.5. The van der Waals surface area contributed by atoms with Crippen LogP contribution in [0.2, 0.25) is 5.02 Å². The van der Waals surface area contributed by atoms with Crippen molar-refractivity contribution in [3.8, 4) is 5.75 Å². The number of benzene rings is 1. The molecule has 1 aliphatic rings. The summed E-state index contributed by atoms with van der Waals surface area (Å²) in [5.74, 6) is 1.71. The van der Waals surface area contributed by atoms with Gasteiger partial charge in [-0.1, -0.05) is 11.6 Å². The molecule has 0 bridgehead atoms. The number of hydrogen-bond acceptors (Lipinski definition) is 9. The number of nitrogens with zero attached hydrogens (tertiary/aromatic N) is 3. The number of amides is 1. The normalized spacial score (nSPS) is 14.6. The molecule has 1 amide bonds. The number of sulfone groups is 1. The highest BCUT2D eigenvalue weighted by Gasteiger charge is 2.26. The van der Waals surface area contributed by atoms with E-state index in [4.69, 9.17) is 16.3 Å². The Morgan fingerprint density at radius 3 is 2.48 bits per heavy atom. The summed E-state index contributed by atoms with van der Waals surface area (Å²) in [6.07, 6.45) is 3.22. The van der Waals surface area contributed by atoms with Crippen molar-refractivity contribution >= 4 is 61.8 Å². The van der Waals surface area contributed by atoms with Gasteiger partial charge in [-0.2, -0.15) is 4.98 Å². The monoisotopic (exact) mass is 605 g/mol. The number of aromatic nitrogens is 2. The molecule has 12 heteroatoms. The summed E-state index contributed by atoms with van der Waals surface area (Å²) in [6.45, 7) is 12.4. The number of thiophene rings is 1. The summed E-state index contributed by atoms with van der Waals surface area (Å²) in [5.41, 5.74) is 3.45. The third kappa shape index (κ3) is 6.70. The molecular weight excluding hydrogens is 570 g/mol. The van der Waals surface area contributed by atoms with E-state index < -0.39 is 15.1 Å². The first-order valence-electron chi connectivity index (χ1n) is 13.3. The topological polar surface area (TPSA) is 114 Å². The average Bonchev–Trinajstić information content (AvgIpc) is 3.36. The quantitative estimate of drug-likeness (QED) is 0.278. The molecule has 2 aromatic heterocycles. The highest BCUT2D eigenvalue weighted by Crippen LogP contribution is 2.39. The van der Waals surface area contributed by atoms with Crippen LogP contribution in [0, 0.1) is 6.92 Å². The number of halogens is 1. The van der Waals surface area contributed by atoms with Crippen LogP contribution in [0.3, 0.4) is 0 Å². The zero-order chi connectivity index (χ0) is 29.2. The molecule has 40 heavy (non-hydrogen) atoms. The van der Waals surface area contributed by atoms with Crippen molar-refractivity contribution in [1.29, 1.82) is 0 Å². The number of ether oxygens (including phenoxy) is 1. The number of rotatable bonds is 9. The van der Waals surface area contributed by atoms with Crippen molar-refractivity contribution < 1.29 is 17.9 Å². The minimum Gasteiger partial charge on any atom is -0.489 e. The Balaban J connectivity index is 1.61. The Kier molecular flexibility index (Phi) is 9.26. The molecule has 3 heterocycles. The van der Waals surface area contributed by atoms with Crippen molar-refractivity contribution in [3.05, 3.63) is 45.9 Å².